The zero-order chi connectivity index (χ0) is 10.8. The number of thiol groups is 1. The third kappa shape index (κ3) is 2.51. The van der Waals surface area contributed by atoms with Crippen molar-refractivity contribution < 1.29 is 18.0 Å². The van der Waals surface area contributed by atoms with Gasteiger partial charge in [0.2, 0.25) is 0 Å². The lowest BCUT2D eigenvalue weighted by molar-refractivity contribution is -0.137. The van der Waals surface area contributed by atoms with Crippen molar-refractivity contribution >= 4 is 18.4 Å². The monoisotopic (exact) mass is 220 g/mol. The standard InChI is InChI=1S/C9H7F3OS/c10-9(11,12)7-3-1-2-6(4-7)8(13)5-14/h1-4,14H,5H2. The second-order valence-electron chi connectivity index (χ2n) is 2.66. The van der Waals surface area contributed by atoms with Crippen LogP contribution in [0.3, 0.4) is 0 Å². The van der Waals surface area contributed by atoms with Gasteiger partial charge in [0.15, 0.2) is 5.78 Å². The molecular weight excluding hydrogens is 213 g/mol. The number of ketones is 1. The fraction of sp³-hybridized carbons (Fsp3) is 0.222. The van der Waals surface area contributed by atoms with Gasteiger partial charge in [0.25, 0.3) is 0 Å². The second-order valence-corrected chi connectivity index (χ2v) is 2.98. The Kier molecular flexibility index (Phi) is 3.21. The molecule has 0 aliphatic carbocycles. The van der Waals surface area contributed by atoms with Gasteiger partial charge in [-0.05, 0) is 12.1 Å². The van der Waals surface area contributed by atoms with E-state index in [1.54, 1.807) is 0 Å². The Morgan fingerprint density at radius 1 is 1.36 bits per heavy atom. The lowest BCUT2D eigenvalue weighted by Crippen LogP contribution is -2.07. The Balaban J connectivity index is 3.08. The molecule has 0 saturated carbocycles. The first-order valence-corrected chi connectivity index (χ1v) is 4.39. The first-order valence-electron chi connectivity index (χ1n) is 3.76. The van der Waals surface area contributed by atoms with Crippen molar-refractivity contribution in [1.82, 2.24) is 0 Å². The molecular formula is C9H7F3OS. The van der Waals surface area contributed by atoms with Crippen LogP contribution in [0.25, 0.3) is 0 Å². The molecule has 0 amide bonds. The van der Waals surface area contributed by atoms with Gasteiger partial charge in [-0.1, -0.05) is 12.1 Å². The lowest BCUT2D eigenvalue weighted by atomic mass is 10.1. The van der Waals surface area contributed by atoms with Crippen molar-refractivity contribution in [2.45, 2.75) is 6.18 Å². The number of alkyl halides is 3. The van der Waals surface area contributed by atoms with Gasteiger partial charge in [0, 0.05) is 5.56 Å². The van der Waals surface area contributed by atoms with Gasteiger partial charge in [-0.15, -0.1) is 0 Å². The van der Waals surface area contributed by atoms with E-state index in [4.69, 9.17) is 0 Å². The van der Waals surface area contributed by atoms with Gasteiger partial charge >= 0.3 is 6.18 Å². The maximum Gasteiger partial charge on any atom is 0.416 e. The number of hydrogen-bond donors (Lipinski definition) is 1. The summed E-state index contributed by atoms with van der Waals surface area (Å²) in [6.07, 6.45) is -4.41. The Morgan fingerprint density at radius 3 is 2.50 bits per heavy atom. The highest BCUT2D eigenvalue weighted by molar-refractivity contribution is 7.81. The summed E-state index contributed by atoms with van der Waals surface area (Å²) >= 11 is 3.70. The first kappa shape index (κ1) is 11.1. The molecule has 0 bridgehead atoms. The van der Waals surface area contributed by atoms with Gasteiger partial charge in [-0.3, -0.25) is 4.79 Å². The van der Waals surface area contributed by atoms with E-state index in [1.165, 1.54) is 12.1 Å². The summed E-state index contributed by atoms with van der Waals surface area (Å²) in [5, 5.41) is 0. The fourth-order valence-corrected chi connectivity index (χ4v) is 1.14. The van der Waals surface area contributed by atoms with E-state index in [-0.39, 0.29) is 11.3 Å². The quantitative estimate of drug-likeness (QED) is 0.599. The Labute approximate surface area is 84.3 Å². The van der Waals surface area contributed by atoms with Crippen LogP contribution in [0.15, 0.2) is 24.3 Å². The number of rotatable bonds is 2. The maximum absolute atomic E-state index is 12.2. The van der Waals surface area contributed by atoms with E-state index in [1.807, 2.05) is 0 Å². The average molecular weight is 220 g/mol. The molecule has 0 unspecified atom stereocenters. The molecule has 1 nitrogen and oxygen atoms in total. The van der Waals surface area contributed by atoms with Crippen molar-refractivity contribution in [2.75, 3.05) is 5.75 Å². The molecule has 0 saturated heterocycles. The summed E-state index contributed by atoms with van der Waals surface area (Å²) in [7, 11) is 0. The summed E-state index contributed by atoms with van der Waals surface area (Å²) in [4.78, 5) is 11.0. The molecule has 14 heavy (non-hydrogen) atoms. The molecule has 0 aromatic heterocycles. The summed E-state index contributed by atoms with van der Waals surface area (Å²) in [6.45, 7) is 0. The molecule has 1 rings (SSSR count). The molecule has 0 atom stereocenters. The third-order valence-corrected chi connectivity index (χ3v) is 1.94. The van der Waals surface area contributed by atoms with E-state index < -0.39 is 17.5 Å². The van der Waals surface area contributed by atoms with E-state index in [0.29, 0.717) is 0 Å². The highest BCUT2D eigenvalue weighted by Gasteiger charge is 2.30. The summed E-state index contributed by atoms with van der Waals surface area (Å²) in [5.41, 5.74) is -0.778. The minimum atomic E-state index is -4.41. The van der Waals surface area contributed by atoms with Crippen LogP contribution in [-0.4, -0.2) is 11.5 Å². The molecule has 0 N–H and O–H groups in total. The van der Waals surface area contributed by atoms with Crippen molar-refractivity contribution in [3.05, 3.63) is 35.4 Å². The maximum atomic E-state index is 12.2. The average Bonchev–Trinajstić information content (AvgIpc) is 2.15. The van der Waals surface area contributed by atoms with Gasteiger partial charge in [0.05, 0.1) is 11.3 Å². The van der Waals surface area contributed by atoms with Crippen molar-refractivity contribution in [3.63, 3.8) is 0 Å². The van der Waals surface area contributed by atoms with Gasteiger partial charge in [0.1, 0.15) is 0 Å². The Hall–Kier alpha value is -0.970. The molecule has 0 fully saturated rings. The smallest absolute Gasteiger partial charge is 0.293 e. The Bertz CT molecular complexity index is 346. The summed E-state index contributed by atoms with van der Waals surface area (Å²) < 4.78 is 36.6. The van der Waals surface area contributed by atoms with Crippen LogP contribution in [0.4, 0.5) is 13.2 Å². The van der Waals surface area contributed by atoms with E-state index in [9.17, 15) is 18.0 Å². The zero-order valence-corrected chi connectivity index (χ0v) is 7.90. The van der Waals surface area contributed by atoms with Crippen LogP contribution in [0.5, 0.6) is 0 Å². The van der Waals surface area contributed by atoms with Gasteiger partial charge < -0.3 is 0 Å². The van der Waals surface area contributed by atoms with Crippen molar-refractivity contribution in [1.29, 1.82) is 0 Å². The van der Waals surface area contributed by atoms with Crippen molar-refractivity contribution in [2.24, 2.45) is 0 Å². The zero-order valence-electron chi connectivity index (χ0n) is 7.01. The highest BCUT2D eigenvalue weighted by atomic mass is 32.1. The topological polar surface area (TPSA) is 17.1 Å². The number of carbonyl (C=O) groups excluding carboxylic acids is 1. The molecule has 76 valence electrons. The molecule has 1 aromatic rings. The first-order chi connectivity index (χ1) is 6.45. The van der Waals surface area contributed by atoms with Crippen LogP contribution < -0.4 is 0 Å². The molecule has 0 aliphatic heterocycles. The molecule has 0 radical (unpaired) electrons. The van der Waals surface area contributed by atoms with E-state index >= 15 is 0 Å². The number of hydrogen-bond acceptors (Lipinski definition) is 2. The lowest BCUT2D eigenvalue weighted by Gasteiger charge is -2.07. The van der Waals surface area contributed by atoms with Crippen LogP contribution in [0.2, 0.25) is 0 Å². The van der Waals surface area contributed by atoms with Gasteiger partial charge in [-0.2, -0.15) is 25.8 Å². The number of Topliss-reactive ketones (excluding diaryl/α,β-unsaturated/α-hetero) is 1. The van der Waals surface area contributed by atoms with Crippen molar-refractivity contribution in [3.8, 4) is 0 Å². The van der Waals surface area contributed by atoms with Crippen LogP contribution in [-0.2, 0) is 6.18 Å². The molecule has 5 heteroatoms. The number of carbonyl (C=O) groups is 1. The number of halogens is 3. The normalized spacial score (nSPS) is 11.4. The second kappa shape index (κ2) is 4.04. The fourth-order valence-electron chi connectivity index (χ4n) is 0.960. The molecule has 0 aliphatic rings. The number of benzene rings is 1. The van der Waals surface area contributed by atoms with E-state index in [0.717, 1.165) is 12.1 Å². The van der Waals surface area contributed by atoms with Gasteiger partial charge in [-0.25, -0.2) is 0 Å². The SMILES string of the molecule is O=C(CS)c1cccc(C(F)(F)F)c1. The third-order valence-electron chi connectivity index (χ3n) is 1.66. The Morgan fingerprint density at radius 2 is 2.00 bits per heavy atom. The van der Waals surface area contributed by atoms with E-state index in [2.05, 4.69) is 12.6 Å². The van der Waals surface area contributed by atoms with Crippen LogP contribution in [0.1, 0.15) is 15.9 Å². The van der Waals surface area contributed by atoms with Crippen LogP contribution >= 0.6 is 12.6 Å². The summed E-state index contributed by atoms with van der Waals surface area (Å²) in [5.74, 6) is -0.513. The molecule has 0 heterocycles. The predicted molar refractivity (Wildman–Crippen MR) is 49.6 cm³/mol. The minimum Gasteiger partial charge on any atom is -0.293 e. The largest absolute Gasteiger partial charge is 0.416 e. The van der Waals surface area contributed by atoms with Crippen LogP contribution in [0, 0.1) is 0 Å². The predicted octanol–water partition coefficient (Wildman–Crippen LogP) is 2.82. The summed E-state index contributed by atoms with van der Waals surface area (Å²) in [6, 6.07) is 4.31. The minimum absolute atomic E-state index is 0.0369. The molecule has 1 aromatic carbocycles. The highest BCUT2D eigenvalue weighted by Crippen LogP contribution is 2.29. The molecule has 0 spiro atoms.